The van der Waals surface area contributed by atoms with Crippen molar-refractivity contribution in [2.24, 2.45) is 0 Å². The molecule has 2 aromatic rings. The van der Waals surface area contributed by atoms with Crippen LogP contribution >= 0.6 is 0 Å². The smallest absolute Gasteiger partial charge is 0.416 e. The van der Waals surface area contributed by atoms with Crippen LogP contribution in [-0.4, -0.2) is 25.5 Å². The summed E-state index contributed by atoms with van der Waals surface area (Å²) in [5.41, 5.74) is 0.358. The van der Waals surface area contributed by atoms with Crippen LogP contribution < -0.4 is 15.4 Å². The van der Waals surface area contributed by atoms with Gasteiger partial charge in [0.25, 0.3) is 0 Å². The zero-order chi connectivity index (χ0) is 19.9. The molecule has 0 spiro atoms. The fourth-order valence-electron chi connectivity index (χ4n) is 2.33. The first kappa shape index (κ1) is 20.3. The second kappa shape index (κ2) is 9.07. The number of carbonyl (C=O) groups excluding carboxylic acids is 2. The molecule has 0 atom stereocenters. The van der Waals surface area contributed by atoms with Gasteiger partial charge in [-0.2, -0.15) is 13.2 Å². The summed E-state index contributed by atoms with van der Waals surface area (Å²) in [7, 11) is 1.57. The molecule has 0 aliphatic carbocycles. The van der Waals surface area contributed by atoms with Gasteiger partial charge in [-0.25, -0.2) is 0 Å². The van der Waals surface area contributed by atoms with Crippen LogP contribution in [-0.2, 0) is 22.2 Å². The predicted molar refractivity (Wildman–Crippen MR) is 94.4 cm³/mol. The molecule has 144 valence electrons. The molecular formula is C19H19F3N2O3. The Bertz CT molecular complexity index is 790. The summed E-state index contributed by atoms with van der Waals surface area (Å²) in [6, 6.07) is 11.4. The Morgan fingerprint density at radius 1 is 1.04 bits per heavy atom. The Hall–Kier alpha value is -3.03. The molecule has 2 N–H and O–H groups in total. The van der Waals surface area contributed by atoms with Crippen molar-refractivity contribution in [3.8, 4) is 5.75 Å². The number of hydrogen-bond acceptors (Lipinski definition) is 3. The minimum Gasteiger partial charge on any atom is -0.497 e. The van der Waals surface area contributed by atoms with Gasteiger partial charge in [0.2, 0.25) is 11.8 Å². The Morgan fingerprint density at radius 3 is 2.37 bits per heavy atom. The van der Waals surface area contributed by atoms with Gasteiger partial charge in [0.05, 0.1) is 12.7 Å². The van der Waals surface area contributed by atoms with E-state index in [9.17, 15) is 22.8 Å². The number of ether oxygens (including phenoxy) is 1. The summed E-state index contributed by atoms with van der Waals surface area (Å²) in [5, 5.41) is 5.02. The fraction of sp³-hybridized carbons (Fsp3) is 0.263. The molecule has 8 heteroatoms. The highest BCUT2D eigenvalue weighted by Gasteiger charge is 2.30. The zero-order valence-electron chi connectivity index (χ0n) is 14.6. The van der Waals surface area contributed by atoms with Gasteiger partial charge in [-0.1, -0.05) is 12.1 Å². The summed E-state index contributed by atoms with van der Waals surface area (Å²) < 4.78 is 42.6. The van der Waals surface area contributed by atoms with E-state index in [0.29, 0.717) is 13.0 Å². The Labute approximate surface area is 154 Å². The zero-order valence-corrected chi connectivity index (χ0v) is 14.6. The minimum atomic E-state index is -4.44. The van der Waals surface area contributed by atoms with Crippen molar-refractivity contribution in [1.29, 1.82) is 0 Å². The first-order valence-electron chi connectivity index (χ1n) is 8.14. The Morgan fingerprint density at radius 2 is 1.74 bits per heavy atom. The monoisotopic (exact) mass is 380 g/mol. The van der Waals surface area contributed by atoms with Crippen molar-refractivity contribution in [3.63, 3.8) is 0 Å². The third-order valence-corrected chi connectivity index (χ3v) is 3.69. The second-order valence-electron chi connectivity index (χ2n) is 5.75. The summed E-state index contributed by atoms with van der Waals surface area (Å²) in [4.78, 5) is 23.6. The lowest BCUT2D eigenvalue weighted by molar-refractivity contribution is -0.137. The number of nitrogens with one attached hydrogen (secondary N) is 2. The molecule has 0 unspecified atom stereocenters. The van der Waals surface area contributed by atoms with Crippen LogP contribution in [0.4, 0.5) is 18.9 Å². The van der Waals surface area contributed by atoms with Crippen molar-refractivity contribution >= 4 is 17.5 Å². The molecule has 0 aliphatic rings. The molecule has 2 rings (SSSR count). The van der Waals surface area contributed by atoms with E-state index in [4.69, 9.17) is 4.74 Å². The second-order valence-corrected chi connectivity index (χ2v) is 5.75. The van der Waals surface area contributed by atoms with Gasteiger partial charge in [0.15, 0.2) is 0 Å². The average molecular weight is 380 g/mol. The van der Waals surface area contributed by atoms with Gasteiger partial charge >= 0.3 is 6.18 Å². The van der Waals surface area contributed by atoms with Crippen LogP contribution in [0.15, 0.2) is 48.5 Å². The maximum atomic E-state index is 12.5. The number of hydrogen-bond donors (Lipinski definition) is 2. The number of benzene rings is 2. The summed E-state index contributed by atoms with van der Waals surface area (Å²) in [6.45, 7) is 0.347. The third-order valence-electron chi connectivity index (χ3n) is 3.69. The molecule has 0 radical (unpaired) electrons. The lowest BCUT2D eigenvalue weighted by Gasteiger charge is -2.09. The molecule has 5 nitrogen and oxygen atoms in total. The quantitative estimate of drug-likeness (QED) is 0.724. The topological polar surface area (TPSA) is 67.4 Å². The number of rotatable bonds is 7. The van der Waals surface area contributed by atoms with Crippen LogP contribution in [0.2, 0.25) is 0 Å². The van der Waals surface area contributed by atoms with Crippen molar-refractivity contribution in [1.82, 2.24) is 5.32 Å². The largest absolute Gasteiger partial charge is 0.497 e. The highest BCUT2D eigenvalue weighted by atomic mass is 19.4. The predicted octanol–water partition coefficient (Wildman–Crippen LogP) is 3.40. The van der Waals surface area contributed by atoms with Gasteiger partial charge in [-0.05, 0) is 48.4 Å². The van der Waals surface area contributed by atoms with Gasteiger partial charge in [0.1, 0.15) is 12.2 Å². The molecule has 2 amide bonds. The van der Waals surface area contributed by atoms with Crippen molar-refractivity contribution in [2.45, 2.75) is 19.0 Å². The Kier molecular flexibility index (Phi) is 6.81. The van der Waals surface area contributed by atoms with E-state index in [1.807, 2.05) is 24.3 Å². The highest BCUT2D eigenvalue weighted by molar-refractivity contribution is 6.03. The summed E-state index contributed by atoms with van der Waals surface area (Å²) >= 11 is 0. The molecule has 0 aliphatic heterocycles. The number of anilines is 1. The van der Waals surface area contributed by atoms with Crippen molar-refractivity contribution < 1.29 is 27.5 Å². The van der Waals surface area contributed by atoms with E-state index in [1.54, 1.807) is 7.11 Å². The van der Waals surface area contributed by atoms with E-state index in [0.717, 1.165) is 35.6 Å². The Balaban J connectivity index is 1.75. The molecular weight excluding hydrogens is 361 g/mol. The van der Waals surface area contributed by atoms with Crippen LogP contribution in [0, 0.1) is 0 Å². The summed E-state index contributed by atoms with van der Waals surface area (Å²) in [6.07, 6.45) is -4.28. The minimum absolute atomic E-state index is 0.192. The lowest BCUT2D eigenvalue weighted by Crippen LogP contribution is -2.29. The number of amides is 2. The van der Waals surface area contributed by atoms with E-state index in [-0.39, 0.29) is 5.69 Å². The summed E-state index contributed by atoms with van der Waals surface area (Å²) in [5.74, 6) is -0.356. The fourth-order valence-corrected chi connectivity index (χ4v) is 2.33. The molecule has 2 aromatic carbocycles. The van der Waals surface area contributed by atoms with Gasteiger partial charge < -0.3 is 15.4 Å². The van der Waals surface area contributed by atoms with E-state index < -0.39 is 30.0 Å². The van der Waals surface area contributed by atoms with Crippen molar-refractivity contribution in [2.75, 3.05) is 19.0 Å². The maximum absolute atomic E-state index is 12.5. The molecule has 0 aromatic heterocycles. The third kappa shape index (κ3) is 6.65. The molecule has 0 bridgehead atoms. The van der Waals surface area contributed by atoms with Crippen LogP contribution in [0.3, 0.4) is 0 Å². The lowest BCUT2D eigenvalue weighted by atomic mass is 10.1. The molecule has 0 saturated carbocycles. The van der Waals surface area contributed by atoms with E-state index >= 15 is 0 Å². The maximum Gasteiger partial charge on any atom is 0.416 e. The van der Waals surface area contributed by atoms with Gasteiger partial charge in [0, 0.05) is 12.2 Å². The SMILES string of the molecule is COc1cccc(CCNC(=O)CC(=O)Nc2ccc(C(F)(F)F)cc2)c1. The van der Waals surface area contributed by atoms with Crippen LogP contribution in [0.25, 0.3) is 0 Å². The van der Waals surface area contributed by atoms with E-state index in [1.165, 1.54) is 0 Å². The molecule has 0 fully saturated rings. The van der Waals surface area contributed by atoms with E-state index in [2.05, 4.69) is 10.6 Å². The highest BCUT2D eigenvalue weighted by Crippen LogP contribution is 2.29. The van der Waals surface area contributed by atoms with Crippen LogP contribution in [0.1, 0.15) is 17.5 Å². The van der Waals surface area contributed by atoms with Crippen LogP contribution in [0.5, 0.6) is 5.75 Å². The molecule has 0 heterocycles. The normalized spacial score (nSPS) is 11.0. The number of carbonyl (C=O) groups is 2. The number of halogens is 3. The van der Waals surface area contributed by atoms with Crippen molar-refractivity contribution in [3.05, 3.63) is 59.7 Å². The molecule has 0 saturated heterocycles. The number of alkyl halides is 3. The first-order chi connectivity index (χ1) is 12.8. The van der Waals surface area contributed by atoms with Gasteiger partial charge in [-0.3, -0.25) is 9.59 Å². The molecule has 27 heavy (non-hydrogen) atoms. The average Bonchev–Trinajstić information content (AvgIpc) is 2.61. The first-order valence-corrected chi connectivity index (χ1v) is 8.14. The number of methoxy groups -OCH3 is 1. The van der Waals surface area contributed by atoms with Gasteiger partial charge in [-0.15, -0.1) is 0 Å². The standard InChI is InChI=1S/C19H19F3N2O3/c1-27-16-4-2-3-13(11-16)9-10-23-17(25)12-18(26)24-15-7-5-14(6-8-15)19(20,21)22/h2-8,11H,9-10,12H2,1H3,(H,23,25)(H,24,26).